The molecule has 2 fully saturated rings. The van der Waals surface area contributed by atoms with Crippen LogP contribution in [0.25, 0.3) is 0 Å². The molecule has 3 rings (SSSR count). The number of methoxy groups -OCH3 is 3. The average molecular weight is 522 g/mol. The Morgan fingerprint density at radius 2 is 1.68 bits per heavy atom. The van der Waals surface area contributed by atoms with Crippen LogP contribution in [0.1, 0.15) is 32.8 Å². The molecule has 37 heavy (non-hydrogen) atoms. The fourth-order valence-electron chi connectivity index (χ4n) is 4.54. The van der Waals surface area contributed by atoms with Gasteiger partial charge in [-0.25, -0.2) is 4.79 Å². The Bertz CT molecular complexity index is 961. The van der Waals surface area contributed by atoms with Crippen LogP contribution in [0, 0.1) is 5.92 Å². The number of carbonyl (C=O) groups excluding carboxylic acids is 3. The Morgan fingerprint density at radius 3 is 2.24 bits per heavy atom. The van der Waals surface area contributed by atoms with Gasteiger partial charge in [0.1, 0.15) is 6.04 Å². The van der Waals surface area contributed by atoms with Gasteiger partial charge in [0.15, 0.2) is 23.7 Å². The van der Waals surface area contributed by atoms with Crippen LogP contribution in [0.4, 0.5) is 0 Å². The van der Waals surface area contributed by atoms with Gasteiger partial charge in [0.05, 0.1) is 27.9 Å². The number of epoxide rings is 1. The minimum atomic E-state index is -0.908. The molecule has 2 aliphatic heterocycles. The summed E-state index contributed by atoms with van der Waals surface area (Å²) in [6.07, 6.45) is -1.31. The average Bonchev–Trinajstić information content (AvgIpc) is 3.69. The Kier molecular flexibility index (Phi) is 9.99. The molecule has 0 aromatic heterocycles. The zero-order valence-electron chi connectivity index (χ0n) is 22.6. The highest BCUT2D eigenvalue weighted by Crippen LogP contribution is 2.40. The topological polar surface area (TPSA) is 119 Å². The molecule has 2 amide bonds. The van der Waals surface area contributed by atoms with Crippen molar-refractivity contribution in [1.82, 2.24) is 15.1 Å². The molecule has 11 nitrogen and oxygen atoms in total. The van der Waals surface area contributed by atoms with E-state index in [2.05, 4.69) is 10.2 Å². The van der Waals surface area contributed by atoms with E-state index in [-0.39, 0.29) is 18.4 Å². The maximum Gasteiger partial charge on any atom is 0.338 e. The molecule has 206 valence electrons. The lowest BCUT2D eigenvalue weighted by atomic mass is 10.0. The van der Waals surface area contributed by atoms with Crippen LogP contribution in [0.2, 0.25) is 0 Å². The maximum atomic E-state index is 13.4. The SMILES string of the molecule is CCOC(=O)[C@H]1O[C@@H]1C(=O)N[C@@H](CC(C)C)C(=O)N1CCN(Cc2ccc(OC)c(OC)c2OC)CC1. The first-order valence-corrected chi connectivity index (χ1v) is 12.6. The second kappa shape index (κ2) is 13.0. The summed E-state index contributed by atoms with van der Waals surface area (Å²) in [5.74, 6) is 0.819. The summed E-state index contributed by atoms with van der Waals surface area (Å²) in [4.78, 5) is 41.9. The quantitative estimate of drug-likeness (QED) is 0.320. The number of benzene rings is 1. The predicted octanol–water partition coefficient (Wildman–Crippen LogP) is 1.22. The van der Waals surface area contributed by atoms with Gasteiger partial charge in [-0.2, -0.15) is 0 Å². The predicted molar refractivity (Wildman–Crippen MR) is 135 cm³/mol. The zero-order chi connectivity index (χ0) is 27.1. The molecule has 0 bridgehead atoms. The zero-order valence-corrected chi connectivity index (χ0v) is 22.6. The maximum absolute atomic E-state index is 13.4. The third-order valence-corrected chi connectivity index (χ3v) is 6.45. The number of amides is 2. The summed E-state index contributed by atoms with van der Waals surface area (Å²) in [5.41, 5.74) is 0.963. The third kappa shape index (κ3) is 7.04. The van der Waals surface area contributed by atoms with Gasteiger partial charge < -0.3 is 33.9 Å². The summed E-state index contributed by atoms with van der Waals surface area (Å²) < 4.78 is 26.6. The highest BCUT2D eigenvalue weighted by molar-refractivity contribution is 5.95. The molecule has 0 radical (unpaired) electrons. The van der Waals surface area contributed by atoms with Gasteiger partial charge in [-0.15, -0.1) is 0 Å². The van der Waals surface area contributed by atoms with Gasteiger partial charge in [-0.1, -0.05) is 19.9 Å². The molecule has 11 heteroatoms. The van der Waals surface area contributed by atoms with E-state index in [1.807, 2.05) is 26.0 Å². The van der Waals surface area contributed by atoms with Crippen molar-refractivity contribution in [3.05, 3.63) is 17.7 Å². The van der Waals surface area contributed by atoms with Crippen LogP contribution in [-0.4, -0.2) is 99.9 Å². The molecule has 0 spiro atoms. The molecule has 3 atom stereocenters. The van der Waals surface area contributed by atoms with Gasteiger partial charge in [-0.05, 0) is 25.3 Å². The Hall–Kier alpha value is -3.05. The first-order valence-electron chi connectivity index (χ1n) is 12.6. The van der Waals surface area contributed by atoms with E-state index < -0.39 is 30.1 Å². The second-order valence-electron chi connectivity index (χ2n) is 9.51. The molecule has 2 aliphatic rings. The van der Waals surface area contributed by atoms with Crippen LogP contribution in [0.15, 0.2) is 12.1 Å². The van der Waals surface area contributed by atoms with Gasteiger partial charge in [0.25, 0.3) is 5.91 Å². The first-order chi connectivity index (χ1) is 17.7. The van der Waals surface area contributed by atoms with Gasteiger partial charge >= 0.3 is 5.97 Å². The minimum absolute atomic E-state index is 0.126. The van der Waals surface area contributed by atoms with E-state index in [9.17, 15) is 14.4 Å². The van der Waals surface area contributed by atoms with Crippen molar-refractivity contribution in [2.75, 3.05) is 54.1 Å². The van der Waals surface area contributed by atoms with E-state index in [1.54, 1.807) is 33.2 Å². The summed E-state index contributed by atoms with van der Waals surface area (Å²) in [6, 6.07) is 3.12. The third-order valence-electron chi connectivity index (χ3n) is 6.45. The van der Waals surface area contributed by atoms with Crippen molar-refractivity contribution < 1.29 is 38.1 Å². The number of carbonyl (C=O) groups is 3. The lowest BCUT2D eigenvalue weighted by molar-refractivity contribution is -0.144. The Labute approximate surface area is 218 Å². The number of hydrogen-bond donors (Lipinski definition) is 1. The molecular formula is C26H39N3O8. The van der Waals surface area contributed by atoms with Crippen molar-refractivity contribution in [2.45, 2.75) is 52.0 Å². The molecule has 0 saturated carbocycles. The number of ether oxygens (including phenoxy) is 5. The number of hydrogen-bond acceptors (Lipinski definition) is 9. The molecule has 2 heterocycles. The lowest BCUT2D eigenvalue weighted by Gasteiger charge is -2.37. The molecular weight excluding hydrogens is 482 g/mol. The monoisotopic (exact) mass is 521 g/mol. The van der Waals surface area contributed by atoms with E-state index in [0.29, 0.717) is 56.4 Å². The van der Waals surface area contributed by atoms with Gasteiger partial charge in [-0.3, -0.25) is 14.5 Å². The van der Waals surface area contributed by atoms with Crippen LogP contribution in [-0.2, 0) is 30.4 Å². The van der Waals surface area contributed by atoms with Gasteiger partial charge in [0.2, 0.25) is 11.7 Å². The lowest BCUT2D eigenvalue weighted by Crippen LogP contribution is -2.55. The van der Waals surface area contributed by atoms with Crippen molar-refractivity contribution in [3.8, 4) is 17.2 Å². The van der Waals surface area contributed by atoms with Crippen LogP contribution in [0.3, 0.4) is 0 Å². The van der Waals surface area contributed by atoms with Crippen LogP contribution >= 0.6 is 0 Å². The van der Waals surface area contributed by atoms with Crippen molar-refractivity contribution >= 4 is 17.8 Å². The highest BCUT2D eigenvalue weighted by Gasteiger charge is 2.52. The summed E-state index contributed by atoms with van der Waals surface area (Å²) in [7, 11) is 4.76. The minimum Gasteiger partial charge on any atom is -0.493 e. The normalized spacial score (nSPS) is 20.2. The van der Waals surface area contributed by atoms with Crippen molar-refractivity contribution in [1.29, 1.82) is 0 Å². The standard InChI is InChI=1S/C26H39N3O8/c1-7-36-26(32)23-22(37-23)24(30)27-18(14-16(2)3)25(31)29-12-10-28(11-13-29)15-17-8-9-19(33-4)21(35-6)20(17)34-5/h8-9,16,18,22-23H,7,10-15H2,1-6H3,(H,27,30)/t18-,22-,23-/m0/s1. The largest absolute Gasteiger partial charge is 0.493 e. The summed E-state index contributed by atoms with van der Waals surface area (Å²) in [6.45, 7) is 8.93. The molecule has 0 aliphatic carbocycles. The molecule has 0 unspecified atom stereocenters. The number of rotatable bonds is 12. The summed E-state index contributed by atoms with van der Waals surface area (Å²) >= 11 is 0. The van der Waals surface area contributed by atoms with Crippen LogP contribution < -0.4 is 19.5 Å². The molecule has 1 aromatic carbocycles. The highest BCUT2D eigenvalue weighted by atomic mass is 16.6. The molecule has 1 N–H and O–H groups in total. The Morgan fingerprint density at radius 1 is 1.00 bits per heavy atom. The van der Waals surface area contributed by atoms with Crippen molar-refractivity contribution in [3.63, 3.8) is 0 Å². The Balaban J connectivity index is 1.58. The fraction of sp³-hybridized carbons (Fsp3) is 0.654. The van der Waals surface area contributed by atoms with Crippen LogP contribution in [0.5, 0.6) is 17.2 Å². The number of piperazine rings is 1. The fourth-order valence-corrected chi connectivity index (χ4v) is 4.54. The van der Waals surface area contributed by atoms with E-state index in [0.717, 1.165) is 5.56 Å². The second-order valence-corrected chi connectivity index (χ2v) is 9.51. The number of nitrogens with one attached hydrogen (secondary N) is 1. The van der Waals surface area contributed by atoms with E-state index in [1.165, 1.54) is 0 Å². The first kappa shape index (κ1) is 28.5. The van der Waals surface area contributed by atoms with E-state index in [4.69, 9.17) is 23.7 Å². The number of nitrogens with zero attached hydrogens (tertiary/aromatic N) is 2. The van der Waals surface area contributed by atoms with Crippen molar-refractivity contribution in [2.24, 2.45) is 5.92 Å². The summed E-state index contributed by atoms with van der Waals surface area (Å²) in [5, 5.41) is 2.81. The number of esters is 1. The van der Waals surface area contributed by atoms with Gasteiger partial charge in [0, 0.05) is 38.3 Å². The molecule has 1 aromatic rings. The smallest absolute Gasteiger partial charge is 0.338 e. The van der Waals surface area contributed by atoms with E-state index >= 15 is 0 Å². The molecule has 2 saturated heterocycles.